The quantitative estimate of drug-likeness (QED) is 0.178. The van der Waals surface area contributed by atoms with Gasteiger partial charge in [-0.2, -0.15) is 0 Å². The van der Waals surface area contributed by atoms with Crippen molar-refractivity contribution in [3.8, 4) is 17.2 Å². The minimum Gasteiger partial charge on any atom is -0.497 e. The van der Waals surface area contributed by atoms with Gasteiger partial charge >= 0.3 is 5.97 Å². The number of para-hydroxylation sites is 1. The number of nitrogens with zero attached hydrogens (tertiary/aromatic N) is 2. The fraction of sp³-hybridized carbons (Fsp3) is 0.242. The van der Waals surface area contributed by atoms with E-state index in [0.29, 0.717) is 39.4 Å². The summed E-state index contributed by atoms with van der Waals surface area (Å²) >= 11 is 0. The predicted octanol–water partition coefficient (Wildman–Crippen LogP) is 5.09. The van der Waals surface area contributed by atoms with Crippen LogP contribution < -0.4 is 19.6 Å². The molecule has 9 heteroatoms. The van der Waals surface area contributed by atoms with Gasteiger partial charge in [-0.15, -0.1) is 0 Å². The zero-order valence-electron chi connectivity index (χ0n) is 23.9. The number of aromatic nitrogens is 2. The fourth-order valence-corrected chi connectivity index (χ4v) is 5.63. The summed E-state index contributed by atoms with van der Waals surface area (Å²) < 4.78 is 24.7. The molecule has 0 spiro atoms. The van der Waals surface area contributed by atoms with Crippen molar-refractivity contribution in [3.05, 3.63) is 88.1 Å². The molecule has 2 atom stereocenters. The largest absolute Gasteiger partial charge is 0.497 e. The van der Waals surface area contributed by atoms with Crippen molar-refractivity contribution in [2.24, 2.45) is 7.05 Å². The fourth-order valence-electron chi connectivity index (χ4n) is 5.63. The van der Waals surface area contributed by atoms with Crippen LogP contribution in [-0.4, -0.2) is 46.6 Å². The lowest BCUT2D eigenvalue weighted by atomic mass is 9.86. The number of aliphatic hydroxyl groups excluding tert-OH is 1. The smallest absolute Gasteiger partial charge is 0.331 e. The van der Waals surface area contributed by atoms with Crippen LogP contribution in [0.4, 0.5) is 0 Å². The van der Waals surface area contributed by atoms with Crippen molar-refractivity contribution >= 4 is 44.9 Å². The van der Waals surface area contributed by atoms with Crippen LogP contribution in [-0.2, 0) is 16.6 Å². The lowest BCUT2D eigenvalue weighted by Gasteiger charge is -2.42. The third-order valence-corrected chi connectivity index (χ3v) is 7.73. The summed E-state index contributed by atoms with van der Waals surface area (Å²) in [5.41, 5.74) is 1.25. The molecule has 3 heterocycles. The van der Waals surface area contributed by atoms with Crippen molar-refractivity contribution < 1.29 is 28.8 Å². The first-order chi connectivity index (χ1) is 20.1. The molecule has 0 unspecified atom stereocenters. The van der Waals surface area contributed by atoms with Crippen LogP contribution in [0.2, 0.25) is 0 Å². The first-order valence-corrected chi connectivity index (χ1v) is 13.5. The van der Waals surface area contributed by atoms with Crippen molar-refractivity contribution in [2.75, 3.05) is 14.2 Å². The minimum atomic E-state index is -1.32. The van der Waals surface area contributed by atoms with Gasteiger partial charge in [0.15, 0.2) is 6.10 Å². The Hall–Kier alpha value is -4.89. The number of ether oxygens (including phenoxy) is 4. The average Bonchev–Trinajstić information content (AvgIpc) is 2.99. The summed E-state index contributed by atoms with van der Waals surface area (Å²) in [5.74, 6) is 0.681. The molecule has 0 radical (unpaired) electrons. The first-order valence-electron chi connectivity index (χ1n) is 13.5. The number of benzene rings is 3. The maximum atomic E-state index is 13.9. The van der Waals surface area contributed by atoms with Crippen LogP contribution in [0.3, 0.4) is 0 Å². The molecule has 0 amide bonds. The Kier molecular flexibility index (Phi) is 6.62. The molecular weight excluding hydrogens is 536 g/mol. The lowest BCUT2D eigenvalue weighted by molar-refractivity contribution is -0.171. The molecule has 0 bridgehead atoms. The Labute approximate surface area is 241 Å². The van der Waals surface area contributed by atoms with Crippen LogP contribution in [0, 0.1) is 0 Å². The molecule has 6 rings (SSSR count). The van der Waals surface area contributed by atoms with E-state index in [4.69, 9.17) is 23.9 Å². The molecule has 42 heavy (non-hydrogen) atoms. The Balaban J connectivity index is 1.47. The first kappa shape index (κ1) is 27.3. The number of carbonyl (C=O) groups excluding carboxylic acids is 1. The van der Waals surface area contributed by atoms with Crippen molar-refractivity contribution in [3.63, 3.8) is 0 Å². The maximum Gasteiger partial charge on any atom is 0.331 e. The number of pyridine rings is 2. The molecule has 214 valence electrons. The highest BCUT2D eigenvalue weighted by Crippen LogP contribution is 2.47. The second-order valence-corrected chi connectivity index (χ2v) is 10.8. The molecule has 0 fully saturated rings. The number of fused-ring (bicyclic) bond motifs is 5. The van der Waals surface area contributed by atoms with Gasteiger partial charge in [-0.05, 0) is 49.8 Å². The van der Waals surface area contributed by atoms with E-state index >= 15 is 0 Å². The lowest BCUT2D eigenvalue weighted by Crippen LogP contribution is -2.51. The highest BCUT2D eigenvalue weighted by atomic mass is 16.6. The van der Waals surface area contributed by atoms with Gasteiger partial charge in [-0.1, -0.05) is 30.3 Å². The van der Waals surface area contributed by atoms with E-state index in [1.807, 2.05) is 42.5 Å². The third-order valence-electron chi connectivity index (χ3n) is 7.73. The predicted molar refractivity (Wildman–Crippen MR) is 160 cm³/mol. The summed E-state index contributed by atoms with van der Waals surface area (Å²) in [6.45, 7) is 3.46. The van der Waals surface area contributed by atoms with Gasteiger partial charge in [0.1, 0.15) is 34.6 Å². The molecule has 0 saturated carbocycles. The van der Waals surface area contributed by atoms with Crippen molar-refractivity contribution in [2.45, 2.75) is 31.7 Å². The van der Waals surface area contributed by atoms with E-state index in [1.165, 1.54) is 13.2 Å². The SMILES string of the molecule is COc1ccc(/C=C/C(=O)O[C@@H]2[C@H](O)c3c(cc(OC)c4c(=O)c5cc6ccccc6nc5n(C)c34)OC2(C)C)cc1. The molecule has 3 aromatic carbocycles. The zero-order chi connectivity index (χ0) is 29.8. The van der Waals surface area contributed by atoms with Gasteiger partial charge in [0, 0.05) is 24.6 Å². The summed E-state index contributed by atoms with van der Waals surface area (Å²) in [4.78, 5) is 31.7. The highest BCUT2D eigenvalue weighted by Gasteiger charge is 2.47. The molecule has 0 aliphatic carbocycles. The second kappa shape index (κ2) is 10.2. The summed E-state index contributed by atoms with van der Waals surface area (Å²) in [7, 11) is 4.84. The van der Waals surface area contributed by atoms with E-state index < -0.39 is 23.8 Å². The summed E-state index contributed by atoms with van der Waals surface area (Å²) in [6, 6.07) is 18.2. The molecule has 0 saturated heterocycles. The maximum absolute atomic E-state index is 13.9. The Morgan fingerprint density at radius 1 is 1.07 bits per heavy atom. The monoisotopic (exact) mass is 566 g/mol. The van der Waals surface area contributed by atoms with Crippen LogP contribution in [0.25, 0.3) is 38.9 Å². The topological polar surface area (TPSA) is 109 Å². The molecule has 1 N–H and O–H groups in total. The summed E-state index contributed by atoms with van der Waals surface area (Å²) in [5, 5.41) is 13.3. The molecule has 2 aromatic heterocycles. The van der Waals surface area contributed by atoms with E-state index in [0.717, 1.165) is 16.5 Å². The van der Waals surface area contributed by atoms with E-state index in [-0.39, 0.29) is 10.8 Å². The Morgan fingerprint density at radius 3 is 2.52 bits per heavy atom. The van der Waals surface area contributed by atoms with Gasteiger partial charge in [-0.25, -0.2) is 9.78 Å². The van der Waals surface area contributed by atoms with Gasteiger partial charge in [0.2, 0.25) is 5.43 Å². The van der Waals surface area contributed by atoms with E-state index in [9.17, 15) is 14.7 Å². The van der Waals surface area contributed by atoms with Crippen LogP contribution >= 0.6 is 0 Å². The highest BCUT2D eigenvalue weighted by molar-refractivity contribution is 6.01. The number of methoxy groups -OCH3 is 2. The standard InChI is InChI=1S/C33H30N2O7/c1-33(2)31(41-25(36)15-12-18-10-13-20(39-4)14-11-18)30(38)27-24(42-33)17-23(40-5)26-28(27)35(3)32-21(29(26)37)16-19-8-6-7-9-22(19)34-32/h6-17,30-31,38H,1-5H3/b15-12+/t30-,31-/m1/s1. The number of carbonyl (C=O) groups is 1. The molecule has 9 nitrogen and oxygen atoms in total. The van der Waals surface area contributed by atoms with Crippen LogP contribution in [0.15, 0.2) is 71.5 Å². The van der Waals surface area contributed by atoms with Crippen LogP contribution in [0.1, 0.15) is 31.1 Å². The Bertz CT molecular complexity index is 1960. The molecule has 1 aliphatic heterocycles. The molecule has 1 aliphatic rings. The van der Waals surface area contributed by atoms with Gasteiger partial charge in [0.25, 0.3) is 0 Å². The van der Waals surface area contributed by atoms with Crippen LogP contribution in [0.5, 0.6) is 17.2 Å². The number of aliphatic hydroxyl groups is 1. The van der Waals surface area contributed by atoms with Crippen molar-refractivity contribution in [1.82, 2.24) is 9.55 Å². The third kappa shape index (κ3) is 4.42. The summed E-state index contributed by atoms with van der Waals surface area (Å²) in [6.07, 6.45) is 0.499. The Morgan fingerprint density at radius 2 is 1.81 bits per heavy atom. The second-order valence-electron chi connectivity index (χ2n) is 10.8. The number of aryl methyl sites for hydroxylation is 1. The molecular formula is C33H30N2O7. The number of esters is 1. The molecule has 5 aromatic rings. The minimum absolute atomic E-state index is 0.273. The van der Waals surface area contributed by atoms with Gasteiger partial charge < -0.3 is 28.6 Å². The normalized spacial score (nSPS) is 17.8. The zero-order valence-corrected chi connectivity index (χ0v) is 23.9. The van der Waals surface area contributed by atoms with E-state index in [2.05, 4.69) is 0 Å². The van der Waals surface area contributed by atoms with Gasteiger partial charge in [-0.3, -0.25) is 4.79 Å². The van der Waals surface area contributed by atoms with E-state index in [1.54, 1.807) is 56.8 Å². The van der Waals surface area contributed by atoms with Gasteiger partial charge in [0.05, 0.1) is 41.6 Å². The number of hydrogen-bond acceptors (Lipinski definition) is 8. The average molecular weight is 567 g/mol. The number of hydrogen-bond donors (Lipinski definition) is 1. The van der Waals surface area contributed by atoms with Crippen molar-refractivity contribution in [1.29, 1.82) is 0 Å². The number of rotatable bonds is 5.